The minimum atomic E-state index is -1.55. The Labute approximate surface area is 163 Å². The molecule has 0 radical (unpaired) electrons. The lowest BCUT2D eigenvalue weighted by Crippen LogP contribution is -2.47. The van der Waals surface area contributed by atoms with Gasteiger partial charge in [0.05, 0.1) is 17.2 Å². The number of amides is 1. The fourth-order valence-corrected chi connectivity index (χ4v) is 2.92. The van der Waals surface area contributed by atoms with Crippen LogP contribution in [-0.2, 0) is 4.79 Å². The number of benzene rings is 1. The molecule has 10 heteroatoms. The number of aromatic nitrogens is 2. The van der Waals surface area contributed by atoms with E-state index >= 15 is 0 Å². The Morgan fingerprint density at radius 2 is 2.12 bits per heavy atom. The molecule has 0 aliphatic rings. The van der Waals surface area contributed by atoms with E-state index in [1.54, 1.807) is 12.3 Å². The van der Waals surface area contributed by atoms with Gasteiger partial charge in [0.2, 0.25) is 0 Å². The predicted octanol–water partition coefficient (Wildman–Crippen LogP) is 4.94. The molecule has 1 heterocycles. The third-order valence-corrected chi connectivity index (χ3v) is 4.87. The molecule has 0 saturated carbocycles. The van der Waals surface area contributed by atoms with Crippen molar-refractivity contribution in [2.75, 3.05) is 5.88 Å². The monoisotopic (exact) mass is 429 g/mol. The Morgan fingerprint density at radius 3 is 2.62 bits per heavy atom. The normalized spacial score (nSPS) is 12.8. The second-order valence-electron chi connectivity index (χ2n) is 4.79. The summed E-state index contributed by atoms with van der Waals surface area (Å²) >= 11 is 30.4. The van der Waals surface area contributed by atoms with E-state index in [1.165, 1.54) is 36.1 Å². The molecule has 1 aromatic heterocycles. The quantitative estimate of drug-likeness (QED) is 0.481. The molecule has 0 spiro atoms. The maximum absolute atomic E-state index is 12.2. The minimum Gasteiger partial charge on any atom is -0.373 e. The first-order valence-corrected chi connectivity index (χ1v) is 8.65. The van der Waals surface area contributed by atoms with Crippen LogP contribution in [0.5, 0.6) is 5.75 Å². The predicted molar refractivity (Wildman–Crippen MR) is 96.0 cm³/mol. The van der Waals surface area contributed by atoms with Gasteiger partial charge in [-0.05, 0) is 18.2 Å². The molecule has 0 saturated heterocycles. The third-order valence-electron chi connectivity index (χ3n) is 2.99. The molecule has 0 aliphatic heterocycles. The van der Waals surface area contributed by atoms with Crippen molar-refractivity contribution in [1.29, 1.82) is 0 Å². The summed E-state index contributed by atoms with van der Waals surface area (Å²) in [5.74, 6) is -0.420. The van der Waals surface area contributed by atoms with Crippen LogP contribution in [0.1, 0.15) is 13.1 Å². The molecule has 1 aromatic carbocycles. The largest absolute Gasteiger partial charge is 0.373 e. The van der Waals surface area contributed by atoms with Crippen LogP contribution in [0.3, 0.4) is 0 Å². The zero-order valence-electron chi connectivity index (χ0n) is 12.3. The highest BCUT2D eigenvalue weighted by Gasteiger charge is 2.43. The van der Waals surface area contributed by atoms with Crippen LogP contribution in [-0.4, -0.2) is 30.7 Å². The summed E-state index contributed by atoms with van der Waals surface area (Å²) in [6.07, 6.45) is 3.56. The first-order valence-electron chi connectivity index (χ1n) is 6.60. The molecule has 1 unspecified atom stereocenters. The van der Waals surface area contributed by atoms with Crippen LogP contribution in [0.15, 0.2) is 36.9 Å². The van der Waals surface area contributed by atoms with Crippen molar-refractivity contribution in [1.82, 2.24) is 14.6 Å². The smallest absolute Gasteiger partial charge is 0.254 e. The number of alkyl halides is 3. The summed E-state index contributed by atoms with van der Waals surface area (Å²) in [5.41, 5.74) is 0. The first kappa shape index (κ1) is 19.5. The number of nitrogens with zero attached hydrogens (tertiary/aromatic N) is 3. The molecule has 0 fully saturated rings. The van der Waals surface area contributed by atoms with E-state index < -0.39 is 16.4 Å². The minimum absolute atomic E-state index is 0.166. The Bertz CT molecular complexity index is 708. The number of rotatable bonds is 6. The summed E-state index contributed by atoms with van der Waals surface area (Å²) in [7, 11) is 0. The van der Waals surface area contributed by atoms with Crippen molar-refractivity contribution in [2.45, 2.75) is 17.4 Å². The molecule has 5 nitrogen and oxygen atoms in total. The van der Waals surface area contributed by atoms with Crippen molar-refractivity contribution >= 4 is 63.9 Å². The standard InChI is InChI=1S/C14H12Cl5N3O2/c1-9(23)22(24-12-3-2-10(16)6-11(12)17)13(14(18,19)7-15)21-5-4-20-8-21/h2-6,8,13H,7H2,1H3. The number of carbonyl (C=O) groups is 1. The number of hydroxylamine groups is 2. The second-order valence-corrected chi connectivity index (χ2v) is 7.44. The fraction of sp³-hybridized carbons (Fsp3) is 0.286. The Kier molecular flexibility index (Phi) is 6.51. The summed E-state index contributed by atoms with van der Waals surface area (Å²) in [5, 5.41) is 1.63. The van der Waals surface area contributed by atoms with Gasteiger partial charge in [0.1, 0.15) is 0 Å². The summed E-state index contributed by atoms with van der Waals surface area (Å²) in [6, 6.07) is 4.58. The van der Waals surface area contributed by atoms with Gasteiger partial charge >= 0.3 is 0 Å². The molecule has 130 valence electrons. The van der Waals surface area contributed by atoms with E-state index in [0.717, 1.165) is 5.06 Å². The highest BCUT2D eigenvalue weighted by atomic mass is 35.5. The van der Waals surface area contributed by atoms with Crippen LogP contribution in [0.2, 0.25) is 10.0 Å². The van der Waals surface area contributed by atoms with Crippen molar-refractivity contribution in [2.24, 2.45) is 0 Å². The number of hydrogen-bond donors (Lipinski definition) is 0. The Hall–Kier alpha value is -0.850. The summed E-state index contributed by atoms with van der Waals surface area (Å²) in [6.45, 7) is 1.30. The van der Waals surface area contributed by atoms with Crippen molar-refractivity contribution < 1.29 is 9.63 Å². The molecule has 1 atom stereocenters. The molecule has 1 amide bonds. The van der Waals surface area contributed by atoms with E-state index in [1.807, 2.05) is 0 Å². The van der Waals surface area contributed by atoms with Crippen LogP contribution >= 0.6 is 58.0 Å². The van der Waals surface area contributed by atoms with Gasteiger partial charge in [0, 0.05) is 24.3 Å². The fourth-order valence-electron chi connectivity index (χ4n) is 1.94. The summed E-state index contributed by atoms with van der Waals surface area (Å²) in [4.78, 5) is 21.8. The van der Waals surface area contributed by atoms with Gasteiger partial charge in [-0.2, -0.15) is 0 Å². The lowest BCUT2D eigenvalue weighted by Gasteiger charge is -2.36. The average molecular weight is 432 g/mol. The van der Waals surface area contributed by atoms with Crippen molar-refractivity contribution in [3.05, 3.63) is 47.0 Å². The van der Waals surface area contributed by atoms with E-state index in [4.69, 9.17) is 62.8 Å². The topological polar surface area (TPSA) is 47.4 Å². The Balaban J connectivity index is 2.44. The van der Waals surface area contributed by atoms with E-state index in [9.17, 15) is 4.79 Å². The molecular formula is C14H12Cl5N3O2. The summed E-state index contributed by atoms with van der Waals surface area (Å²) < 4.78 is -0.0412. The van der Waals surface area contributed by atoms with E-state index in [2.05, 4.69) is 4.98 Å². The van der Waals surface area contributed by atoms with Crippen LogP contribution in [0.4, 0.5) is 0 Å². The van der Waals surface area contributed by atoms with Gasteiger partial charge in [-0.15, -0.1) is 16.7 Å². The maximum atomic E-state index is 12.2. The zero-order valence-corrected chi connectivity index (χ0v) is 16.1. The van der Waals surface area contributed by atoms with Gasteiger partial charge in [-0.1, -0.05) is 46.4 Å². The maximum Gasteiger partial charge on any atom is 0.254 e. The van der Waals surface area contributed by atoms with Gasteiger partial charge in [-0.25, -0.2) is 4.98 Å². The van der Waals surface area contributed by atoms with Crippen LogP contribution in [0, 0.1) is 0 Å². The first-order chi connectivity index (χ1) is 11.3. The number of imidazole rings is 1. The van der Waals surface area contributed by atoms with Gasteiger partial charge in [0.15, 0.2) is 16.2 Å². The molecule has 0 bridgehead atoms. The average Bonchev–Trinajstić information content (AvgIpc) is 3.02. The van der Waals surface area contributed by atoms with Crippen molar-refractivity contribution in [3.8, 4) is 5.75 Å². The second kappa shape index (κ2) is 8.02. The highest BCUT2D eigenvalue weighted by Crippen LogP contribution is 2.39. The molecule has 0 N–H and O–H groups in total. The zero-order chi connectivity index (χ0) is 17.9. The number of carbonyl (C=O) groups excluding carboxylic acids is 1. The van der Waals surface area contributed by atoms with Crippen LogP contribution < -0.4 is 4.84 Å². The van der Waals surface area contributed by atoms with Gasteiger partial charge in [0.25, 0.3) is 5.91 Å². The van der Waals surface area contributed by atoms with Crippen molar-refractivity contribution in [3.63, 3.8) is 0 Å². The van der Waals surface area contributed by atoms with Gasteiger partial charge in [-0.3, -0.25) is 4.79 Å². The van der Waals surface area contributed by atoms with E-state index in [-0.39, 0.29) is 16.7 Å². The third kappa shape index (κ3) is 4.41. The SMILES string of the molecule is CC(=O)N(Oc1ccc(Cl)cc1Cl)C(n1ccnc1)C(Cl)(Cl)CCl. The lowest BCUT2D eigenvalue weighted by atomic mass is 10.3. The molecular weight excluding hydrogens is 419 g/mol. The Morgan fingerprint density at radius 1 is 1.42 bits per heavy atom. The highest BCUT2D eigenvalue weighted by molar-refractivity contribution is 6.51. The molecule has 2 aromatic rings. The van der Waals surface area contributed by atoms with E-state index in [0.29, 0.717) is 5.02 Å². The number of halogens is 5. The number of hydrogen-bond acceptors (Lipinski definition) is 3. The lowest BCUT2D eigenvalue weighted by molar-refractivity contribution is -0.172. The molecule has 24 heavy (non-hydrogen) atoms. The molecule has 0 aliphatic carbocycles. The van der Waals surface area contributed by atoms with Crippen LogP contribution in [0.25, 0.3) is 0 Å². The molecule has 2 rings (SSSR count). The van der Waals surface area contributed by atoms with Gasteiger partial charge < -0.3 is 9.40 Å².